The first-order valence-electron chi connectivity index (χ1n) is 8.25. The molecular weight excluding hydrogens is 506 g/mol. The second kappa shape index (κ2) is 12.1. The lowest BCUT2D eigenvalue weighted by atomic mass is 9.78. The molecule has 0 aromatic heterocycles. The van der Waals surface area contributed by atoms with Crippen molar-refractivity contribution in [3.8, 4) is 0 Å². The van der Waals surface area contributed by atoms with Crippen molar-refractivity contribution < 1.29 is 0 Å². The summed E-state index contributed by atoms with van der Waals surface area (Å²) in [7, 11) is 0. The molecular formula is C17H24Br2Cl4. The fourth-order valence-corrected chi connectivity index (χ4v) is 5.27. The summed E-state index contributed by atoms with van der Waals surface area (Å²) in [6.45, 7) is 0. The molecule has 0 aromatic carbocycles. The van der Waals surface area contributed by atoms with Crippen LogP contribution >= 0.6 is 78.3 Å². The molecule has 1 rings (SSSR count). The topological polar surface area (TPSA) is 0 Å². The lowest BCUT2D eigenvalue weighted by molar-refractivity contribution is 0.363. The molecule has 0 aromatic rings. The Labute approximate surface area is 177 Å². The lowest BCUT2D eigenvalue weighted by Crippen LogP contribution is -2.20. The van der Waals surface area contributed by atoms with E-state index in [0.717, 1.165) is 36.3 Å². The predicted molar refractivity (Wildman–Crippen MR) is 114 cm³/mol. The Morgan fingerprint density at radius 1 is 0.565 bits per heavy atom. The van der Waals surface area contributed by atoms with Crippen molar-refractivity contribution in [2.75, 3.05) is 10.7 Å². The molecule has 134 valence electrons. The van der Waals surface area contributed by atoms with Gasteiger partial charge in [0.1, 0.15) is 0 Å². The molecule has 0 nitrogen and oxygen atoms in total. The standard InChI is InChI=1S/C17H24Br2Cl4/c18-11-7-3-1-5-9-17(10-6-2-4-8-12-19)15(22)13(20)14(21)16(17)23/h1-12H2. The van der Waals surface area contributed by atoms with Crippen LogP contribution in [0, 0.1) is 5.41 Å². The monoisotopic (exact) mass is 526 g/mol. The molecule has 0 amide bonds. The average Bonchev–Trinajstić information content (AvgIpc) is 2.70. The van der Waals surface area contributed by atoms with E-state index in [-0.39, 0.29) is 5.41 Å². The van der Waals surface area contributed by atoms with Gasteiger partial charge in [-0.1, -0.05) is 117 Å². The van der Waals surface area contributed by atoms with Gasteiger partial charge in [-0.3, -0.25) is 0 Å². The zero-order chi connectivity index (χ0) is 17.3. The van der Waals surface area contributed by atoms with Crippen LogP contribution in [0.15, 0.2) is 20.1 Å². The van der Waals surface area contributed by atoms with Crippen molar-refractivity contribution in [2.45, 2.75) is 64.2 Å². The maximum atomic E-state index is 6.58. The highest BCUT2D eigenvalue weighted by Crippen LogP contribution is 2.58. The number of hydrogen-bond acceptors (Lipinski definition) is 0. The number of alkyl halides is 2. The van der Waals surface area contributed by atoms with Crippen molar-refractivity contribution in [1.29, 1.82) is 0 Å². The minimum Gasteiger partial charge on any atom is -0.0928 e. The number of rotatable bonds is 12. The number of halogens is 6. The molecule has 0 aliphatic heterocycles. The number of hydrogen-bond donors (Lipinski definition) is 0. The van der Waals surface area contributed by atoms with Gasteiger partial charge < -0.3 is 0 Å². The molecule has 0 saturated heterocycles. The Bertz CT molecular complexity index is 392. The maximum absolute atomic E-state index is 6.58. The van der Waals surface area contributed by atoms with Crippen molar-refractivity contribution in [3.63, 3.8) is 0 Å². The van der Waals surface area contributed by atoms with Gasteiger partial charge in [0, 0.05) is 26.1 Å². The van der Waals surface area contributed by atoms with Gasteiger partial charge in [0.25, 0.3) is 0 Å². The van der Waals surface area contributed by atoms with Crippen molar-refractivity contribution in [3.05, 3.63) is 20.1 Å². The van der Waals surface area contributed by atoms with Crippen molar-refractivity contribution >= 4 is 78.3 Å². The Morgan fingerprint density at radius 2 is 0.913 bits per heavy atom. The lowest BCUT2D eigenvalue weighted by Gasteiger charge is -2.31. The Balaban J connectivity index is 2.69. The molecule has 0 radical (unpaired) electrons. The zero-order valence-electron chi connectivity index (χ0n) is 13.3. The third-order valence-electron chi connectivity index (χ3n) is 4.39. The largest absolute Gasteiger partial charge is 0.0928 e. The molecule has 6 heteroatoms. The zero-order valence-corrected chi connectivity index (χ0v) is 19.4. The summed E-state index contributed by atoms with van der Waals surface area (Å²) < 4.78 is 0. The molecule has 0 fully saturated rings. The quantitative estimate of drug-likeness (QED) is 0.175. The van der Waals surface area contributed by atoms with Gasteiger partial charge in [-0.25, -0.2) is 0 Å². The van der Waals surface area contributed by atoms with E-state index in [9.17, 15) is 0 Å². The summed E-state index contributed by atoms with van der Waals surface area (Å²) in [5.74, 6) is 0. The minimum atomic E-state index is -0.347. The first-order valence-corrected chi connectivity index (χ1v) is 12.0. The highest BCUT2D eigenvalue weighted by atomic mass is 79.9. The fourth-order valence-electron chi connectivity index (χ4n) is 3.02. The van der Waals surface area contributed by atoms with Crippen LogP contribution in [-0.4, -0.2) is 10.7 Å². The Morgan fingerprint density at radius 3 is 1.26 bits per heavy atom. The second-order valence-electron chi connectivity index (χ2n) is 6.04. The van der Waals surface area contributed by atoms with Crippen LogP contribution in [0.2, 0.25) is 0 Å². The summed E-state index contributed by atoms with van der Waals surface area (Å²) in [6, 6.07) is 0. The second-order valence-corrected chi connectivity index (χ2v) is 9.14. The highest BCUT2D eigenvalue weighted by Gasteiger charge is 2.44. The van der Waals surface area contributed by atoms with Crippen molar-refractivity contribution in [2.24, 2.45) is 5.41 Å². The third-order valence-corrected chi connectivity index (χ3v) is 7.66. The molecule has 0 heterocycles. The van der Waals surface area contributed by atoms with E-state index >= 15 is 0 Å². The van der Waals surface area contributed by atoms with Crippen LogP contribution in [0.4, 0.5) is 0 Å². The molecule has 0 bridgehead atoms. The molecule has 0 saturated carbocycles. The van der Waals surface area contributed by atoms with Crippen LogP contribution in [-0.2, 0) is 0 Å². The van der Waals surface area contributed by atoms with Gasteiger partial charge >= 0.3 is 0 Å². The average molecular weight is 530 g/mol. The summed E-state index contributed by atoms with van der Waals surface area (Å²) >= 11 is 32.7. The third kappa shape index (κ3) is 6.36. The predicted octanol–water partition coefficient (Wildman–Crippen LogP) is 9.06. The minimum absolute atomic E-state index is 0.347. The van der Waals surface area contributed by atoms with E-state index in [2.05, 4.69) is 31.9 Å². The van der Waals surface area contributed by atoms with E-state index in [1.807, 2.05) is 0 Å². The first-order chi connectivity index (χ1) is 11.0. The molecule has 0 N–H and O–H groups in total. The van der Waals surface area contributed by atoms with Crippen LogP contribution in [0.3, 0.4) is 0 Å². The van der Waals surface area contributed by atoms with Gasteiger partial charge in [-0.15, -0.1) is 0 Å². The van der Waals surface area contributed by atoms with Gasteiger partial charge in [0.15, 0.2) is 0 Å². The van der Waals surface area contributed by atoms with Crippen LogP contribution < -0.4 is 0 Å². The molecule has 0 spiro atoms. The number of unbranched alkanes of at least 4 members (excludes halogenated alkanes) is 6. The smallest absolute Gasteiger partial charge is 0.0759 e. The molecule has 0 atom stereocenters. The van der Waals surface area contributed by atoms with Crippen LogP contribution in [0.1, 0.15) is 64.2 Å². The van der Waals surface area contributed by atoms with E-state index in [0.29, 0.717) is 20.1 Å². The molecule has 1 aliphatic rings. The van der Waals surface area contributed by atoms with Gasteiger partial charge in [0.2, 0.25) is 0 Å². The van der Waals surface area contributed by atoms with Crippen LogP contribution in [0.25, 0.3) is 0 Å². The highest BCUT2D eigenvalue weighted by molar-refractivity contribution is 9.09. The van der Waals surface area contributed by atoms with Crippen LogP contribution in [0.5, 0.6) is 0 Å². The summed E-state index contributed by atoms with van der Waals surface area (Å²) in [5.41, 5.74) is -0.347. The molecule has 1 aliphatic carbocycles. The maximum Gasteiger partial charge on any atom is 0.0759 e. The summed E-state index contributed by atoms with van der Waals surface area (Å²) in [4.78, 5) is 0. The number of allylic oxidation sites excluding steroid dienone is 4. The van der Waals surface area contributed by atoms with Gasteiger partial charge in [0.05, 0.1) is 10.1 Å². The summed E-state index contributed by atoms with van der Waals surface area (Å²) in [6.07, 6.45) is 11.2. The summed E-state index contributed by atoms with van der Waals surface area (Å²) in [5, 5.41) is 4.30. The van der Waals surface area contributed by atoms with Gasteiger partial charge in [-0.05, 0) is 25.7 Å². The first kappa shape index (κ1) is 22.6. The van der Waals surface area contributed by atoms with E-state index < -0.39 is 0 Å². The normalized spacial score (nSPS) is 17.5. The molecule has 0 unspecified atom stereocenters. The Hall–Kier alpha value is 1.60. The van der Waals surface area contributed by atoms with Crippen molar-refractivity contribution in [1.82, 2.24) is 0 Å². The van der Waals surface area contributed by atoms with E-state index in [1.54, 1.807) is 0 Å². The fraction of sp³-hybridized carbons (Fsp3) is 0.765. The van der Waals surface area contributed by atoms with E-state index in [1.165, 1.54) is 38.5 Å². The SMILES string of the molecule is ClC1=C(Cl)C(CCCCCCBr)(CCCCCCBr)C(Cl)=C1Cl. The Kier molecular flexibility index (Phi) is 11.9. The van der Waals surface area contributed by atoms with Gasteiger partial charge in [-0.2, -0.15) is 0 Å². The van der Waals surface area contributed by atoms with E-state index in [4.69, 9.17) is 46.4 Å². The molecule has 23 heavy (non-hydrogen) atoms.